The first-order valence-electron chi connectivity index (χ1n) is 5.29. The molecule has 0 aliphatic carbocycles. The second-order valence-electron chi connectivity index (χ2n) is 3.51. The number of aromatic nitrogens is 1. The molecule has 0 amide bonds. The standard InChI is InChI=1S/C13H13NO2/c1-2-16-13(15)9-10-5-6-11-4-3-7-14-12(11)8-10/h3-8H,2,9H2,1H3. The highest BCUT2D eigenvalue weighted by molar-refractivity contribution is 5.81. The van der Waals surface area contributed by atoms with Gasteiger partial charge in [0.15, 0.2) is 0 Å². The van der Waals surface area contributed by atoms with E-state index in [4.69, 9.17) is 4.74 Å². The number of nitrogens with zero attached hydrogens (tertiary/aromatic N) is 1. The Morgan fingerprint density at radius 1 is 1.38 bits per heavy atom. The Morgan fingerprint density at radius 3 is 3.06 bits per heavy atom. The van der Waals surface area contributed by atoms with Gasteiger partial charge in [0, 0.05) is 11.6 Å². The fourth-order valence-electron chi connectivity index (χ4n) is 1.60. The Kier molecular flexibility index (Phi) is 3.15. The third-order valence-electron chi connectivity index (χ3n) is 2.32. The smallest absolute Gasteiger partial charge is 0.310 e. The summed E-state index contributed by atoms with van der Waals surface area (Å²) < 4.78 is 4.90. The van der Waals surface area contributed by atoms with Crippen LogP contribution in [0.4, 0.5) is 0 Å². The van der Waals surface area contributed by atoms with E-state index >= 15 is 0 Å². The first kappa shape index (κ1) is 10.6. The number of ether oxygens (including phenoxy) is 1. The molecule has 2 rings (SSSR count). The van der Waals surface area contributed by atoms with Gasteiger partial charge in [-0.15, -0.1) is 0 Å². The third-order valence-corrected chi connectivity index (χ3v) is 2.32. The number of rotatable bonds is 3. The number of benzene rings is 1. The van der Waals surface area contributed by atoms with Gasteiger partial charge >= 0.3 is 5.97 Å². The lowest BCUT2D eigenvalue weighted by Crippen LogP contribution is -2.07. The van der Waals surface area contributed by atoms with Crippen LogP contribution in [0.3, 0.4) is 0 Å². The molecule has 0 aliphatic heterocycles. The summed E-state index contributed by atoms with van der Waals surface area (Å²) in [6.07, 6.45) is 2.05. The van der Waals surface area contributed by atoms with Crippen LogP contribution in [0.5, 0.6) is 0 Å². The Hall–Kier alpha value is -1.90. The zero-order valence-electron chi connectivity index (χ0n) is 9.14. The summed E-state index contributed by atoms with van der Waals surface area (Å²) in [5.74, 6) is -0.196. The molecule has 0 aliphatic rings. The van der Waals surface area contributed by atoms with Crippen LogP contribution in [0.2, 0.25) is 0 Å². The van der Waals surface area contributed by atoms with E-state index in [0.717, 1.165) is 16.5 Å². The summed E-state index contributed by atoms with van der Waals surface area (Å²) in [4.78, 5) is 15.5. The van der Waals surface area contributed by atoms with Crippen molar-refractivity contribution >= 4 is 16.9 Å². The maximum Gasteiger partial charge on any atom is 0.310 e. The van der Waals surface area contributed by atoms with E-state index in [-0.39, 0.29) is 5.97 Å². The molecule has 1 heterocycles. The highest BCUT2D eigenvalue weighted by atomic mass is 16.5. The molecule has 0 saturated heterocycles. The van der Waals surface area contributed by atoms with Crippen LogP contribution in [0.15, 0.2) is 36.5 Å². The van der Waals surface area contributed by atoms with E-state index in [0.29, 0.717) is 13.0 Å². The van der Waals surface area contributed by atoms with Crippen LogP contribution in [0, 0.1) is 0 Å². The minimum atomic E-state index is -0.196. The Bertz CT molecular complexity index is 508. The summed E-state index contributed by atoms with van der Waals surface area (Å²) in [6.45, 7) is 2.23. The van der Waals surface area contributed by atoms with E-state index in [1.54, 1.807) is 13.1 Å². The molecule has 0 unspecified atom stereocenters. The molecule has 3 nitrogen and oxygen atoms in total. The minimum Gasteiger partial charge on any atom is -0.466 e. The van der Waals surface area contributed by atoms with Crippen molar-refractivity contribution in [2.75, 3.05) is 6.61 Å². The van der Waals surface area contributed by atoms with Crippen LogP contribution >= 0.6 is 0 Å². The van der Waals surface area contributed by atoms with Crippen molar-refractivity contribution in [3.05, 3.63) is 42.1 Å². The van der Waals surface area contributed by atoms with Crippen molar-refractivity contribution < 1.29 is 9.53 Å². The van der Waals surface area contributed by atoms with Gasteiger partial charge < -0.3 is 4.74 Å². The SMILES string of the molecule is CCOC(=O)Cc1ccc2cccnc2c1. The van der Waals surface area contributed by atoms with Crippen LogP contribution in [0.1, 0.15) is 12.5 Å². The van der Waals surface area contributed by atoms with Gasteiger partial charge in [0.05, 0.1) is 18.5 Å². The van der Waals surface area contributed by atoms with Crippen LogP contribution in [-0.4, -0.2) is 17.6 Å². The number of hydrogen-bond acceptors (Lipinski definition) is 3. The monoisotopic (exact) mass is 215 g/mol. The topological polar surface area (TPSA) is 39.2 Å². The van der Waals surface area contributed by atoms with Gasteiger partial charge in [-0.25, -0.2) is 0 Å². The van der Waals surface area contributed by atoms with E-state index < -0.39 is 0 Å². The summed E-state index contributed by atoms with van der Waals surface area (Å²) >= 11 is 0. The van der Waals surface area contributed by atoms with Gasteiger partial charge in [0.2, 0.25) is 0 Å². The van der Waals surface area contributed by atoms with Crippen molar-refractivity contribution in [2.24, 2.45) is 0 Å². The molecule has 0 bridgehead atoms. The summed E-state index contributed by atoms with van der Waals surface area (Å²) in [6, 6.07) is 9.72. The second-order valence-corrected chi connectivity index (χ2v) is 3.51. The number of esters is 1. The molecule has 16 heavy (non-hydrogen) atoms. The van der Waals surface area contributed by atoms with Crippen molar-refractivity contribution in [2.45, 2.75) is 13.3 Å². The number of carbonyl (C=O) groups excluding carboxylic acids is 1. The molecule has 0 atom stereocenters. The molecule has 2 aromatic rings. The van der Waals surface area contributed by atoms with Gasteiger partial charge in [-0.05, 0) is 24.6 Å². The van der Waals surface area contributed by atoms with Crippen molar-refractivity contribution in [3.8, 4) is 0 Å². The largest absolute Gasteiger partial charge is 0.466 e. The predicted molar refractivity (Wildman–Crippen MR) is 62.1 cm³/mol. The molecule has 82 valence electrons. The summed E-state index contributed by atoms with van der Waals surface area (Å²) in [7, 11) is 0. The maximum atomic E-state index is 11.3. The summed E-state index contributed by atoms with van der Waals surface area (Å²) in [5.41, 5.74) is 1.84. The highest BCUT2D eigenvalue weighted by Gasteiger charge is 2.04. The first-order valence-corrected chi connectivity index (χ1v) is 5.29. The molecule has 0 saturated carbocycles. The van der Waals surface area contributed by atoms with Crippen LogP contribution in [-0.2, 0) is 16.0 Å². The molecule has 1 aromatic heterocycles. The van der Waals surface area contributed by atoms with Crippen LogP contribution < -0.4 is 0 Å². The molecule has 0 N–H and O–H groups in total. The molecule has 3 heteroatoms. The molecule has 0 spiro atoms. The average Bonchev–Trinajstić information content (AvgIpc) is 2.29. The third kappa shape index (κ3) is 2.37. The zero-order valence-corrected chi connectivity index (χ0v) is 9.14. The fraction of sp³-hybridized carbons (Fsp3) is 0.231. The van der Waals surface area contributed by atoms with Gasteiger partial charge in [0.1, 0.15) is 0 Å². The quantitative estimate of drug-likeness (QED) is 0.738. The van der Waals surface area contributed by atoms with E-state index in [2.05, 4.69) is 4.98 Å². The number of carbonyl (C=O) groups is 1. The van der Waals surface area contributed by atoms with Crippen molar-refractivity contribution in [1.82, 2.24) is 4.98 Å². The normalized spacial score (nSPS) is 10.3. The first-order chi connectivity index (χ1) is 7.79. The molecule has 1 aromatic carbocycles. The molecular weight excluding hydrogens is 202 g/mol. The molecule has 0 fully saturated rings. The van der Waals surface area contributed by atoms with Gasteiger partial charge in [-0.1, -0.05) is 18.2 Å². The highest BCUT2D eigenvalue weighted by Crippen LogP contribution is 2.13. The molecular formula is C13H13NO2. The minimum absolute atomic E-state index is 0.196. The van der Waals surface area contributed by atoms with Crippen molar-refractivity contribution in [1.29, 1.82) is 0 Å². The zero-order chi connectivity index (χ0) is 11.4. The lowest BCUT2D eigenvalue weighted by molar-refractivity contribution is -0.142. The fourth-order valence-corrected chi connectivity index (χ4v) is 1.60. The van der Waals surface area contributed by atoms with Crippen LogP contribution in [0.25, 0.3) is 10.9 Å². The lowest BCUT2D eigenvalue weighted by atomic mass is 10.1. The summed E-state index contributed by atoms with van der Waals surface area (Å²) in [5, 5.41) is 1.08. The predicted octanol–water partition coefficient (Wildman–Crippen LogP) is 2.34. The Balaban J connectivity index is 2.22. The van der Waals surface area contributed by atoms with E-state index in [9.17, 15) is 4.79 Å². The number of pyridine rings is 1. The van der Waals surface area contributed by atoms with Crippen molar-refractivity contribution in [3.63, 3.8) is 0 Å². The maximum absolute atomic E-state index is 11.3. The number of fused-ring (bicyclic) bond motifs is 1. The Labute approximate surface area is 94.1 Å². The Morgan fingerprint density at radius 2 is 2.25 bits per heavy atom. The van der Waals surface area contributed by atoms with E-state index in [1.165, 1.54) is 0 Å². The number of hydrogen-bond donors (Lipinski definition) is 0. The van der Waals surface area contributed by atoms with Gasteiger partial charge in [-0.2, -0.15) is 0 Å². The lowest BCUT2D eigenvalue weighted by Gasteiger charge is -2.03. The van der Waals surface area contributed by atoms with E-state index in [1.807, 2.05) is 30.3 Å². The van der Waals surface area contributed by atoms with Gasteiger partial charge in [0.25, 0.3) is 0 Å². The average molecular weight is 215 g/mol. The second kappa shape index (κ2) is 4.75. The molecule has 0 radical (unpaired) electrons. The van der Waals surface area contributed by atoms with Gasteiger partial charge in [-0.3, -0.25) is 9.78 Å².